The van der Waals surface area contributed by atoms with E-state index in [4.69, 9.17) is 0 Å². The number of nitrogens with zero attached hydrogens (tertiary/aromatic N) is 3. The van der Waals surface area contributed by atoms with Gasteiger partial charge in [0.05, 0.1) is 16.3 Å². The molecule has 1 N–H and O–H groups in total. The quantitative estimate of drug-likeness (QED) is 0.536. The molecule has 0 atom stereocenters. The lowest BCUT2D eigenvalue weighted by molar-refractivity contribution is -0.385. The number of aryl methyl sites for hydroxylation is 2. The fourth-order valence-corrected chi connectivity index (χ4v) is 2.93. The molecule has 27 heavy (non-hydrogen) atoms. The third-order valence-electron chi connectivity index (χ3n) is 4.24. The highest BCUT2D eigenvalue weighted by atomic mass is 16.6. The number of carbonyl (C=O) groups is 1. The van der Waals surface area contributed by atoms with Gasteiger partial charge in [-0.25, -0.2) is 4.68 Å². The van der Waals surface area contributed by atoms with Gasteiger partial charge in [0.2, 0.25) is 0 Å². The van der Waals surface area contributed by atoms with E-state index in [2.05, 4.69) is 10.4 Å². The molecule has 1 heterocycles. The van der Waals surface area contributed by atoms with Crippen LogP contribution in [0.3, 0.4) is 0 Å². The van der Waals surface area contributed by atoms with Crippen molar-refractivity contribution in [3.05, 3.63) is 87.2 Å². The third-order valence-corrected chi connectivity index (χ3v) is 4.24. The van der Waals surface area contributed by atoms with Crippen molar-refractivity contribution >= 4 is 11.6 Å². The molecular formula is C20H20N4O3. The molecule has 0 unspecified atom stereocenters. The van der Waals surface area contributed by atoms with Crippen LogP contribution in [0.2, 0.25) is 0 Å². The number of amides is 1. The van der Waals surface area contributed by atoms with E-state index in [1.807, 2.05) is 48.9 Å². The summed E-state index contributed by atoms with van der Waals surface area (Å²) in [5.41, 5.74) is 3.95. The Balaban J connectivity index is 1.60. The van der Waals surface area contributed by atoms with E-state index in [1.54, 1.807) is 12.1 Å². The van der Waals surface area contributed by atoms with E-state index in [0.717, 1.165) is 22.6 Å². The Morgan fingerprint density at radius 2 is 1.85 bits per heavy atom. The first-order chi connectivity index (χ1) is 13.0. The van der Waals surface area contributed by atoms with Crippen molar-refractivity contribution in [2.24, 2.45) is 0 Å². The molecular weight excluding hydrogens is 344 g/mol. The SMILES string of the molecule is Cc1cc(C)n(-c2ccc(CCNC(=O)c3ccccc3[N+](=O)[O-])cc2)n1. The maximum absolute atomic E-state index is 12.2. The van der Waals surface area contributed by atoms with Gasteiger partial charge in [-0.15, -0.1) is 0 Å². The molecule has 0 spiro atoms. The van der Waals surface area contributed by atoms with Gasteiger partial charge >= 0.3 is 0 Å². The molecule has 3 rings (SSSR count). The number of nitro groups is 1. The van der Waals surface area contributed by atoms with Gasteiger partial charge in [0.25, 0.3) is 11.6 Å². The van der Waals surface area contributed by atoms with Gasteiger partial charge in [0.1, 0.15) is 5.56 Å². The van der Waals surface area contributed by atoms with Crippen LogP contribution in [0.5, 0.6) is 0 Å². The fourth-order valence-electron chi connectivity index (χ4n) is 2.93. The minimum atomic E-state index is -0.549. The van der Waals surface area contributed by atoms with Gasteiger partial charge in [0, 0.05) is 18.3 Å². The summed E-state index contributed by atoms with van der Waals surface area (Å²) < 4.78 is 1.88. The molecule has 3 aromatic rings. The van der Waals surface area contributed by atoms with Crippen molar-refractivity contribution in [2.75, 3.05) is 6.54 Å². The predicted molar refractivity (Wildman–Crippen MR) is 102 cm³/mol. The Bertz CT molecular complexity index is 977. The van der Waals surface area contributed by atoms with Crippen LogP contribution in [0.4, 0.5) is 5.69 Å². The molecule has 0 aliphatic rings. The molecule has 0 saturated heterocycles. The minimum Gasteiger partial charge on any atom is -0.351 e. The lowest BCUT2D eigenvalue weighted by Gasteiger charge is -2.08. The van der Waals surface area contributed by atoms with Gasteiger partial charge in [0.15, 0.2) is 0 Å². The Hall–Kier alpha value is -3.48. The topological polar surface area (TPSA) is 90.1 Å². The molecule has 0 aliphatic heterocycles. The summed E-state index contributed by atoms with van der Waals surface area (Å²) in [7, 11) is 0. The van der Waals surface area contributed by atoms with Crippen LogP contribution < -0.4 is 5.32 Å². The third kappa shape index (κ3) is 4.20. The van der Waals surface area contributed by atoms with Gasteiger partial charge in [-0.1, -0.05) is 24.3 Å². The maximum Gasteiger partial charge on any atom is 0.282 e. The molecule has 1 aromatic heterocycles. The van der Waals surface area contributed by atoms with Crippen molar-refractivity contribution in [2.45, 2.75) is 20.3 Å². The zero-order chi connectivity index (χ0) is 19.4. The molecule has 138 valence electrons. The zero-order valence-corrected chi connectivity index (χ0v) is 15.2. The van der Waals surface area contributed by atoms with Gasteiger partial charge in [-0.3, -0.25) is 14.9 Å². The minimum absolute atomic E-state index is 0.0716. The molecule has 7 nitrogen and oxygen atoms in total. The highest BCUT2D eigenvalue weighted by molar-refractivity contribution is 5.98. The molecule has 1 amide bonds. The number of rotatable bonds is 6. The second kappa shape index (κ2) is 7.82. The van der Waals surface area contributed by atoms with Crippen LogP contribution in [0.25, 0.3) is 5.69 Å². The summed E-state index contributed by atoms with van der Waals surface area (Å²) in [6, 6.07) is 15.9. The van der Waals surface area contributed by atoms with Gasteiger partial charge in [-0.2, -0.15) is 5.10 Å². The van der Waals surface area contributed by atoms with Crippen LogP contribution in [-0.4, -0.2) is 27.2 Å². The number of hydrogen-bond acceptors (Lipinski definition) is 4. The first-order valence-corrected chi connectivity index (χ1v) is 8.60. The van der Waals surface area contributed by atoms with E-state index in [1.165, 1.54) is 12.1 Å². The van der Waals surface area contributed by atoms with Crippen LogP contribution in [0.15, 0.2) is 54.6 Å². The normalized spacial score (nSPS) is 10.6. The Morgan fingerprint density at radius 3 is 2.48 bits per heavy atom. The van der Waals surface area contributed by atoms with E-state index in [9.17, 15) is 14.9 Å². The summed E-state index contributed by atoms with van der Waals surface area (Å²) >= 11 is 0. The van der Waals surface area contributed by atoms with Crippen LogP contribution in [0, 0.1) is 24.0 Å². The van der Waals surface area contributed by atoms with Crippen molar-refractivity contribution < 1.29 is 9.72 Å². The van der Waals surface area contributed by atoms with E-state index in [-0.39, 0.29) is 11.3 Å². The van der Waals surface area contributed by atoms with Crippen LogP contribution >= 0.6 is 0 Å². The van der Waals surface area contributed by atoms with Crippen LogP contribution in [-0.2, 0) is 6.42 Å². The standard InChI is InChI=1S/C20H20N4O3/c1-14-13-15(2)23(22-14)17-9-7-16(8-10-17)11-12-21-20(25)18-5-3-4-6-19(18)24(26)27/h3-10,13H,11-12H2,1-2H3,(H,21,25). The number of nitrogens with one attached hydrogen (secondary N) is 1. The second-order valence-corrected chi connectivity index (χ2v) is 6.29. The van der Waals surface area contributed by atoms with Gasteiger partial charge < -0.3 is 5.32 Å². The molecule has 0 aliphatic carbocycles. The molecule has 7 heteroatoms. The Labute approximate surface area is 156 Å². The Kier molecular flexibility index (Phi) is 5.30. The summed E-state index contributed by atoms with van der Waals surface area (Å²) in [5, 5.41) is 18.2. The lowest BCUT2D eigenvalue weighted by Crippen LogP contribution is -2.26. The summed E-state index contributed by atoms with van der Waals surface area (Å²) in [4.78, 5) is 22.7. The zero-order valence-electron chi connectivity index (χ0n) is 15.2. The van der Waals surface area contributed by atoms with E-state index >= 15 is 0 Å². The first kappa shape index (κ1) is 18.3. The molecule has 2 aromatic carbocycles. The summed E-state index contributed by atoms with van der Waals surface area (Å²) in [5.74, 6) is -0.443. The van der Waals surface area contributed by atoms with Crippen molar-refractivity contribution in [1.82, 2.24) is 15.1 Å². The number of para-hydroxylation sites is 1. The highest BCUT2D eigenvalue weighted by Gasteiger charge is 2.18. The van der Waals surface area contributed by atoms with Crippen molar-refractivity contribution in [3.8, 4) is 5.69 Å². The largest absolute Gasteiger partial charge is 0.351 e. The molecule has 0 radical (unpaired) electrons. The fraction of sp³-hybridized carbons (Fsp3) is 0.200. The summed E-state index contributed by atoms with van der Waals surface area (Å²) in [6.07, 6.45) is 0.629. The number of benzene rings is 2. The first-order valence-electron chi connectivity index (χ1n) is 8.60. The second-order valence-electron chi connectivity index (χ2n) is 6.29. The Morgan fingerprint density at radius 1 is 1.15 bits per heavy atom. The van der Waals surface area contributed by atoms with Crippen molar-refractivity contribution in [1.29, 1.82) is 0 Å². The average Bonchev–Trinajstić information content (AvgIpc) is 3.00. The smallest absolute Gasteiger partial charge is 0.282 e. The van der Waals surface area contributed by atoms with Crippen LogP contribution in [0.1, 0.15) is 27.3 Å². The number of nitro benzene ring substituents is 1. The van der Waals surface area contributed by atoms with Gasteiger partial charge in [-0.05, 0) is 50.1 Å². The molecule has 0 saturated carbocycles. The molecule has 0 bridgehead atoms. The number of carbonyl (C=O) groups excluding carboxylic acids is 1. The van der Waals surface area contributed by atoms with E-state index in [0.29, 0.717) is 13.0 Å². The number of aromatic nitrogens is 2. The predicted octanol–water partition coefficient (Wildman–Crippen LogP) is 3.37. The van der Waals surface area contributed by atoms with E-state index < -0.39 is 10.8 Å². The van der Waals surface area contributed by atoms with Crippen molar-refractivity contribution in [3.63, 3.8) is 0 Å². The number of hydrogen-bond donors (Lipinski definition) is 1. The average molecular weight is 364 g/mol. The monoisotopic (exact) mass is 364 g/mol. The summed E-state index contributed by atoms with van der Waals surface area (Å²) in [6.45, 7) is 4.36. The maximum atomic E-state index is 12.2. The highest BCUT2D eigenvalue weighted by Crippen LogP contribution is 2.17. The lowest BCUT2D eigenvalue weighted by atomic mass is 10.1. The molecule has 0 fully saturated rings.